The van der Waals surface area contributed by atoms with E-state index < -0.39 is 0 Å². The second kappa shape index (κ2) is 10.1. The molecule has 0 fully saturated rings. The van der Waals surface area contributed by atoms with Gasteiger partial charge in [0.25, 0.3) is 0 Å². The predicted molar refractivity (Wildman–Crippen MR) is 193 cm³/mol. The van der Waals surface area contributed by atoms with Crippen LogP contribution in [0.4, 0.5) is 0 Å². The second-order valence-electron chi connectivity index (χ2n) is 12.2. The van der Waals surface area contributed by atoms with Crippen molar-refractivity contribution in [1.82, 2.24) is 5.32 Å². The number of furan rings is 1. The lowest BCUT2D eigenvalue weighted by Crippen LogP contribution is -2.33. The molecule has 0 saturated carbocycles. The monoisotopic (exact) mass is 601 g/mol. The van der Waals surface area contributed by atoms with Crippen molar-refractivity contribution >= 4 is 44.4 Å². The average Bonchev–Trinajstić information content (AvgIpc) is 3.69. The molecule has 4 nitrogen and oxygen atoms in total. The molecule has 1 aliphatic heterocycles. The van der Waals surface area contributed by atoms with Crippen molar-refractivity contribution in [3.05, 3.63) is 168 Å². The van der Waals surface area contributed by atoms with Gasteiger partial charge in [-0.15, -0.1) is 0 Å². The fraction of sp³-hybridized carbons (Fsp3) is 0.0233. The van der Waals surface area contributed by atoms with E-state index in [4.69, 9.17) is 14.4 Å². The lowest BCUT2D eigenvalue weighted by molar-refractivity contribution is 0.671. The predicted octanol–water partition coefficient (Wildman–Crippen LogP) is 10.5. The highest BCUT2D eigenvalue weighted by Gasteiger charge is 2.26. The number of hydrogen-bond acceptors (Lipinski definition) is 4. The largest absolute Gasteiger partial charge is 0.455 e. The SMILES string of the molecule is c1ccc(-c2cccc(C3=NC(c4ccccc4)NC(c4ccc5oc6c7cccc8c7c(cc6c5c4)-c4ccccc4-8)=N3)c2)cc1. The van der Waals surface area contributed by atoms with Gasteiger partial charge in [0.15, 0.2) is 5.84 Å². The molecule has 0 amide bonds. The van der Waals surface area contributed by atoms with Gasteiger partial charge >= 0.3 is 0 Å². The molecule has 0 bridgehead atoms. The first-order valence-corrected chi connectivity index (χ1v) is 15.9. The van der Waals surface area contributed by atoms with Crippen LogP contribution in [0.2, 0.25) is 0 Å². The first-order valence-electron chi connectivity index (χ1n) is 15.9. The molecule has 0 saturated heterocycles. The first-order chi connectivity index (χ1) is 23.3. The normalized spacial score (nSPS) is 15.0. The zero-order valence-corrected chi connectivity index (χ0v) is 25.3. The number of fused-ring (bicyclic) bond motifs is 7. The average molecular weight is 602 g/mol. The maximum Gasteiger partial charge on any atom is 0.159 e. The maximum absolute atomic E-state index is 6.60. The third-order valence-electron chi connectivity index (χ3n) is 9.46. The van der Waals surface area contributed by atoms with E-state index in [1.807, 2.05) is 12.1 Å². The molecule has 1 N–H and O–H groups in total. The van der Waals surface area contributed by atoms with Crippen LogP contribution < -0.4 is 5.32 Å². The van der Waals surface area contributed by atoms with E-state index >= 15 is 0 Å². The van der Waals surface area contributed by atoms with E-state index in [9.17, 15) is 0 Å². The van der Waals surface area contributed by atoms with Gasteiger partial charge in [-0.2, -0.15) is 0 Å². The van der Waals surface area contributed by atoms with Crippen LogP contribution in [-0.4, -0.2) is 11.7 Å². The molecule has 1 aliphatic carbocycles. The van der Waals surface area contributed by atoms with Crippen LogP contribution in [0.15, 0.2) is 166 Å². The van der Waals surface area contributed by atoms with E-state index in [-0.39, 0.29) is 6.17 Å². The standard InChI is InChI=1S/C43H27N3O/c1-3-11-26(12-4-1)28-15-9-16-29(23-28)42-44-41(27-13-5-2-6-14-27)45-43(46-42)30-21-22-38-35(24-30)37-25-36-32-18-8-7-17-31(32)33-19-10-20-34(39(33)36)40(37)47-38/h1-25,41H,(H,44,45,46). The summed E-state index contributed by atoms with van der Waals surface area (Å²) in [4.78, 5) is 10.3. The number of hydrogen-bond donors (Lipinski definition) is 1. The zero-order valence-electron chi connectivity index (χ0n) is 25.3. The van der Waals surface area contributed by atoms with Crippen molar-refractivity contribution in [3.63, 3.8) is 0 Å². The fourth-order valence-corrected chi connectivity index (χ4v) is 7.25. The lowest BCUT2D eigenvalue weighted by atomic mass is 9.99. The van der Waals surface area contributed by atoms with Gasteiger partial charge in [0.2, 0.25) is 0 Å². The molecule has 220 valence electrons. The molecule has 1 atom stereocenters. The molecule has 0 radical (unpaired) electrons. The molecular formula is C43H27N3O. The van der Waals surface area contributed by atoms with Crippen LogP contribution in [0, 0.1) is 0 Å². The van der Waals surface area contributed by atoms with Gasteiger partial charge in [-0.05, 0) is 69.3 Å². The summed E-state index contributed by atoms with van der Waals surface area (Å²) in [6.07, 6.45) is -0.282. The van der Waals surface area contributed by atoms with Crippen molar-refractivity contribution in [2.75, 3.05) is 0 Å². The van der Waals surface area contributed by atoms with Gasteiger partial charge in [0.05, 0.1) is 0 Å². The van der Waals surface area contributed by atoms with Crippen LogP contribution in [-0.2, 0) is 0 Å². The highest BCUT2D eigenvalue weighted by molar-refractivity contribution is 6.26. The van der Waals surface area contributed by atoms with Gasteiger partial charge < -0.3 is 9.73 Å². The molecule has 2 aliphatic rings. The third-order valence-corrected chi connectivity index (χ3v) is 9.46. The molecule has 47 heavy (non-hydrogen) atoms. The highest BCUT2D eigenvalue weighted by Crippen LogP contribution is 2.50. The Morgan fingerprint density at radius 3 is 2.04 bits per heavy atom. The number of rotatable bonds is 4. The zero-order chi connectivity index (χ0) is 30.9. The molecule has 2 heterocycles. The molecule has 4 heteroatoms. The van der Waals surface area contributed by atoms with Crippen LogP contribution in [0.25, 0.3) is 66.1 Å². The first kappa shape index (κ1) is 26.0. The number of nitrogens with one attached hydrogen (secondary N) is 1. The van der Waals surface area contributed by atoms with Crippen LogP contribution >= 0.6 is 0 Å². The van der Waals surface area contributed by atoms with Crippen LogP contribution in [0.1, 0.15) is 22.9 Å². The van der Waals surface area contributed by atoms with Crippen molar-refractivity contribution < 1.29 is 4.42 Å². The maximum atomic E-state index is 6.60. The van der Waals surface area contributed by atoms with Crippen LogP contribution in [0.5, 0.6) is 0 Å². The summed E-state index contributed by atoms with van der Waals surface area (Å²) < 4.78 is 6.60. The number of amidine groups is 2. The Hall–Kier alpha value is -6.26. The Balaban J connectivity index is 1.14. The second-order valence-corrected chi connectivity index (χ2v) is 12.2. The van der Waals surface area contributed by atoms with Gasteiger partial charge in [0.1, 0.15) is 23.2 Å². The van der Waals surface area contributed by atoms with Gasteiger partial charge in [0, 0.05) is 32.7 Å². The van der Waals surface area contributed by atoms with E-state index in [2.05, 4.69) is 145 Å². The molecule has 7 aromatic carbocycles. The molecule has 10 rings (SSSR count). The summed E-state index contributed by atoms with van der Waals surface area (Å²) in [6.45, 7) is 0. The van der Waals surface area contributed by atoms with Crippen molar-refractivity contribution in [2.45, 2.75) is 6.17 Å². The van der Waals surface area contributed by atoms with E-state index in [0.717, 1.165) is 61.0 Å². The minimum Gasteiger partial charge on any atom is -0.455 e. The summed E-state index contributed by atoms with van der Waals surface area (Å²) in [7, 11) is 0. The van der Waals surface area contributed by atoms with Crippen LogP contribution in [0.3, 0.4) is 0 Å². The van der Waals surface area contributed by atoms with Crippen molar-refractivity contribution in [1.29, 1.82) is 0 Å². The van der Waals surface area contributed by atoms with Gasteiger partial charge in [-0.25, -0.2) is 9.98 Å². The summed E-state index contributed by atoms with van der Waals surface area (Å²) in [6, 6.07) is 53.2. The summed E-state index contributed by atoms with van der Waals surface area (Å²) >= 11 is 0. The smallest absolute Gasteiger partial charge is 0.159 e. The Morgan fingerprint density at radius 2 is 1.19 bits per heavy atom. The minimum atomic E-state index is -0.282. The van der Waals surface area contributed by atoms with Gasteiger partial charge in [-0.1, -0.05) is 121 Å². The van der Waals surface area contributed by atoms with Gasteiger partial charge in [-0.3, -0.25) is 0 Å². The Bertz CT molecular complexity index is 2600. The summed E-state index contributed by atoms with van der Waals surface area (Å²) in [5.74, 6) is 1.48. The fourth-order valence-electron chi connectivity index (χ4n) is 7.25. The van der Waals surface area contributed by atoms with Crippen molar-refractivity contribution in [3.8, 4) is 33.4 Å². The molecule has 8 aromatic rings. The molecule has 0 spiro atoms. The Labute approximate surface area is 271 Å². The molecule has 1 aromatic heterocycles. The summed E-state index contributed by atoms with van der Waals surface area (Å²) in [5, 5.41) is 8.24. The Morgan fingerprint density at radius 1 is 0.489 bits per heavy atom. The van der Waals surface area contributed by atoms with E-state index in [1.165, 1.54) is 27.6 Å². The Kier molecular flexibility index (Phi) is 5.60. The summed E-state index contributed by atoms with van der Waals surface area (Å²) in [5.41, 5.74) is 12.2. The number of aliphatic imine (C=N–C) groups is 2. The van der Waals surface area contributed by atoms with Crippen molar-refractivity contribution in [2.24, 2.45) is 9.98 Å². The van der Waals surface area contributed by atoms with E-state index in [1.54, 1.807) is 0 Å². The number of benzene rings is 7. The molecule has 1 unspecified atom stereocenters. The molecular weight excluding hydrogens is 574 g/mol. The highest BCUT2D eigenvalue weighted by atomic mass is 16.3. The quantitative estimate of drug-likeness (QED) is 0.218. The third kappa shape index (κ3) is 4.08. The lowest BCUT2D eigenvalue weighted by Gasteiger charge is -2.24. The number of nitrogens with zero attached hydrogens (tertiary/aromatic N) is 2. The van der Waals surface area contributed by atoms with E-state index in [0.29, 0.717) is 5.84 Å². The minimum absolute atomic E-state index is 0.282. The topological polar surface area (TPSA) is 49.9 Å².